The van der Waals surface area contributed by atoms with Gasteiger partial charge in [0.25, 0.3) is 0 Å². The molecule has 2 rings (SSSR count). The summed E-state index contributed by atoms with van der Waals surface area (Å²) in [4.78, 5) is 11.8. The smallest absolute Gasteiger partial charge is 0.410 e. The topological polar surface area (TPSA) is 38.3 Å². The van der Waals surface area contributed by atoms with Crippen molar-refractivity contribution in [3.8, 4) is 5.75 Å². The van der Waals surface area contributed by atoms with Crippen molar-refractivity contribution in [2.24, 2.45) is 0 Å². The van der Waals surface area contributed by atoms with Gasteiger partial charge in [-0.05, 0) is 35.2 Å². The zero-order valence-corrected chi connectivity index (χ0v) is 13.1. The quantitative estimate of drug-likeness (QED) is 0.823. The van der Waals surface area contributed by atoms with Crippen molar-refractivity contribution in [3.05, 3.63) is 59.1 Å². The molecule has 110 valence electrons. The molecule has 0 aliphatic rings. The van der Waals surface area contributed by atoms with Crippen molar-refractivity contribution in [2.45, 2.75) is 26.2 Å². The van der Waals surface area contributed by atoms with Gasteiger partial charge in [-0.25, -0.2) is 4.79 Å². The van der Waals surface area contributed by atoms with Gasteiger partial charge in [-0.1, -0.05) is 56.6 Å². The van der Waals surface area contributed by atoms with Gasteiger partial charge in [0, 0.05) is 10.7 Å². The number of benzene rings is 2. The first-order valence-electron chi connectivity index (χ1n) is 6.70. The van der Waals surface area contributed by atoms with Crippen molar-refractivity contribution in [1.82, 2.24) is 0 Å². The van der Waals surface area contributed by atoms with E-state index in [4.69, 9.17) is 16.3 Å². The molecule has 0 unspecified atom stereocenters. The number of nitrogens with one attached hydrogen (secondary N) is 1. The number of para-hydroxylation sites is 1. The first kappa shape index (κ1) is 15.4. The van der Waals surface area contributed by atoms with Crippen LogP contribution in [0.25, 0.3) is 0 Å². The Labute approximate surface area is 129 Å². The molecule has 0 saturated heterocycles. The van der Waals surface area contributed by atoms with Gasteiger partial charge in [-0.2, -0.15) is 0 Å². The number of rotatable bonds is 2. The van der Waals surface area contributed by atoms with E-state index in [1.807, 2.05) is 18.2 Å². The lowest BCUT2D eigenvalue weighted by atomic mass is 9.87. The molecule has 0 radical (unpaired) electrons. The third-order valence-corrected chi connectivity index (χ3v) is 3.29. The first-order chi connectivity index (χ1) is 9.86. The molecule has 0 saturated carbocycles. The van der Waals surface area contributed by atoms with Gasteiger partial charge in [0.15, 0.2) is 0 Å². The van der Waals surface area contributed by atoms with E-state index in [9.17, 15) is 4.79 Å². The lowest BCUT2D eigenvalue weighted by Gasteiger charge is -2.21. The van der Waals surface area contributed by atoms with Crippen LogP contribution in [0.15, 0.2) is 48.5 Å². The van der Waals surface area contributed by atoms with E-state index >= 15 is 0 Å². The molecular weight excluding hydrogens is 286 g/mol. The molecule has 0 spiro atoms. The van der Waals surface area contributed by atoms with Crippen molar-refractivity contribution in [2.75, 3.05) is 5.32 Å². The Morgan fingerprint density at radius 1 is 1.10 bits per heavy atom. The molecule has 1 N–H and O–H groups in total. The molecule has 3 nitrogen and oxygen atoms in total. The molecule has 0 heterocycles. The molecule has 0 aromatic heterocycles. The summed E-state index contributed by atoms with van der Waals surface area (Å²) in [5.41, 5.74) is 1.60. The van der Waals surface area contributed by atoms with Crippen LogP contribution < -0.4 is 10.1 Å². The zero-order chi connectivity index (χ0) is 15.5. The second kappa shape index (κ2) is 6.19. The van der Waals surface area contributed by atoms with E-state index in [0.29, 0.717) is 16.5 Å². The molecule has 0 bridgehead atoms. The van der Waals surface area contributed by atoms with Crippen LogP contribution in [-0.2, 0) is 5.41 Å². The number of ether oxygens (including phenoxy) is 1. The summed E-state index contributed by atoms with van der Waals surface area (Å²) >= 11 is 6.27. The maximum Gasteiger partial charge on any atom is 0.417 e. The SMILES string of the molecule is CC(C)(C)c1ccc(NC(=O)Oc2ccccc2)cc1Cl. The minimum Gasteiger partial charge on any atom is -0.410 e. The van der Waals surface area contributed by atoms with E-state index in [1.54, 1.807) is 30.3 Å². The Morgan fingerprint density at radius 3 is 2.33 bits per heavy atom. The summed E-state index contributed by atoms with van der Waals surface area (Å²) in [6.07, 6.45) is -0.541. The monoisotopic (exact) mass is 303 g/mol. The van der Waals surface area contributed by atoms with Crippen molar-refractivity contribution >= 4 is 23.4 Å². The van der Waals surface area contributed by atoms with E-state index in [-0.39, 0.29) is 5.41 Å². The largest absolute Gasteiger partial charge is 0.417 e. The second-order valence-electron chi connectivity index (χ2n) is 5.77. The van der Waals surface area contributed by atoms with E-state index in [1.165, 1.54) is 0 Å². The number of carbonyl (C=O) groups excluding carboxylic acids is 1. The van der Waals surface area contributed by atoms with Crippen LogP contribution in [0.1, 0.15) is 26.3 Å². The molecule has 1 amide bonds. The number of hydrogen-bond acceptors (Lipinski definition) is 2. The van der Waals surface area contributed by atoms with E-state index in [0.717, 1.165) is 5.56 Å². The highest BCUT2D eigenvalue weighted by Gasteiger charge is 2.17. The van der Waals surface area contributed by atoms with Gasteiger partial charge in [0.1, 0.15) is 5.75 Å². The van der Waals surface area contributed by atoms with Gasteiger partial charge in [0.05, 0.1) is 0 Å². The molecule has 0 aliphatic heterocycles. The standard InChI is InChI=1S/C17H18ClNO2/c1-17(2,3)14-10-9-12(11-15(14)18)19-16(20)21-13-7-5-4-6-8-13/h4-11H,1-3H3,(H,19,20). The maximum atomic E-state index is 11.8. The number of amides is 1. The van der Waals surface area contributed by atoms with Crippen LogP contribution in [0.2, 0.25) is 5.02 Å². The van der Waals surface area contributed by atoms with E-state index in [2.05, 4.69) is 26.1 Å². The minimum atomic E-state index is -0.541. The molecule has 2 aromatic carbocycles. The third kappa shape index (κ3) is 4.23. The summed E-state index contributed by atoms with van der Waals surface area (Å²) in [5, 5.41) is 3.29. The molecule has 0 aliphatic carbocycles. The minimum absolute atomic E-state index is 0.0415. The van der Waals surface area contributed by atoms with Crippen LogP contribution >= 0.6 is 11.6 Å². The number of anilines is 1. The normalized spacial score (nSPS) is 11.0. The summed E-state index contributed by atoms with van der Waals surface area (Å²) in [5.74, 6) is 0.493. The second-order valence-corrected chi connectivity index (χ2v) is 6.18. The van der Waals surface area contributed by atoms with Gasteiger partial charge in [-0.3, -0.25) is 5.32 Å². The lowest BCUT2D eigenvalue weighted by molar-refractivity contribution is 0.215. The average Bonchev–Trinajstić information content (AvgIpc) is 2.38. The van der Waals surface area contributed by atoms with Gasteiger partial charge in [0.2, 0.25) is 0 Å². The number of hydrogen-bond donors (Lipinski definition) is 1. The fourth-order valence-electron chi connectivity index (χ4n) is 1.94. The fourth-order valence-corrected chi connectivity index (χ4v) is 2.40. The van der Waals surface area contributed by atoms with Crippen molar-refractivity contribution < 1.29 is 9.53 Å². The first-order valence-corrected chi connectivity index (χ1v) is 7.08. The Bertz CT molecular complexity index is 633. The summed E-state index contributed by atoms with van der Waals surface area (Å²) in [7, 11) is 0. The predicted octanol–water partition coefficient (Wildman–Crippen LogP) is 5.25. The highest BCUT2D eigenvalue weighted by molar-refractivity contribution is 6.31. The highest BCUT2D eigenvalue weighted by atomic mass is 35.5. The molecule has 0 atom stereocenters. The predicted molar refractivity (Wildman–Crippen MR) is 86.2 cm³/mol. The van der Waals surface area contributed by atoms with Crippen LogP contribution in [0.4, 0.5) is 10.5 Å². The number of carbonyl (C=O) groups is 1. The van der Waals surface area contributed by atoms with Crippen molar-refractivity contribution in [1.29, 1.82) is 0 Å². The fraction of sp³-hybridized carbons (Fsp3) is 0.235. The van der Waals surface area contributed by atoms with Gasteiger partial charge >= 0.3 is 6.09 Å². The van der Waals surface area contributed by atoms with Crippen LogP contribution in [0.3, 0.4) is 0 Å². The van der Waals surface area contributed by atoms with Crippen LogP contribution in [0, 0.1) is 0 Å². The molecule has 0 fully saturated rings. The molecule has 2 aromatic rings. The summed E-state index contributed by atoms with van der Waals surface area (Å²) in [6.45, 7) is 6.26. The average molecular weight is 304 g/mol. The molecule has 4 heteroatoms. The Kier molecular flexibility index (Phi) is 4.53. The summed E-state index contributed by atoms with van der Waals surface area (Å²) < 4.78 is 5.16. The number of halogens is 1. The van der Waals surface area contributed by atoms with Gasteiger partial charge < -0.3 is 4.74 Å². The zero-order valence-electron chi connectivity index (χ0n) is 12.3. The van der Waals surface area contributed by atoms with Crippen LogP contribution in [0.5, 0.6) is 5.75 Å². The summed E-state index contributed by atoms with van der Waals surface area (Å²) in [6, 6.07) is 14.4. The lowest BCUT2D eigenvalue weighted by Crippen LogP contribution is -2.17. The third-order valence-electron chi connectivity index (χ3n) is 2.98. The Hall–Kier alpha value is -2.00. The van der Waals surface area contributed by atoms with Gasteiger partial charge in [-0.15, -0.1) is 0 Å². The Balaban J connectivity index is 2.07. The highest BCUT2D eigenvalue weighted by Crippen LogP contribution is 2.31. The maximum absolute atomic E-state index is 11.8. The van der Waals surface area contributed by atoms with Crippen molar-refractivity contribution in [3.63, 3.8) is 0 Å². The Morgan fingerprint density at radius 2 is 1.76 bits per heavy atom. The molecular formula is C17H18ClNO2. The van der Waals surface area contributed by atoms with E-state index < -0.39 is 6.09 Å². The van der Waals surface area contributed by atoms with Crippen LogP contribution in [-0.4, -0.2) is 6.09 Å². The molecule has 21 heavy (non-hydrogen) atoms.